The van der Waals surface area contributed by atoms with Gasteiger partial charge in [-0.1, -0.05) is 35.9 Å². The number of piperidine rings is 1. The third-order valence-electron chi connectivity index (χ3n) is 4.93. The summed E-state index contributed by atoms with van der Waals surface area (Å²) in [4.78, 5) is 26.7. The Balaban J connectivity index is 1.63. The van der Waals surface area contributed by atoms with Gasteiger partial charge in [-0.3, -0.25) is 9.59 Å². The summed E-state index contributed by atoms with van der Waals surface area (Å²) in [6.07, 6.45) is -3.30. The molecule has 1 aliphatic rings. The maximum Gasteiger partial charge on any atom is 0.416 e. The molecule has 4 nitrogen and oxygen atoms in total. The number of rotatable bonds is 4. The third kappa shape index (κ3) is 5.29. The van der Waals surface area contributed by atoms with E-state index in [4.69, 9.17) is 11.6 Å². The fraction of sp³-hybridized carbons (Fsp3) is 0.333. The van der Waals surface area contributed by atoms with E-state index in [1.165, 1.54) is 17.0 Å². The highest BCUT2D eigenvalue weighted by Crippen LogP contribution is 2.30. The maximum atomic E-state index is 12.9. The largest absolute Gasteiger partial charge is 0.416 e. The van der Waals surface area contributed by atoms with Gasteiger partial charge in [0, 0.05) is 30.2 Å². The molecule has 8 heteroatoms. The van der Waals surface area contributed by atoms with E-state index in [0.29, 0.717) is 24.4 Å². The van der Waals surface area contributed by atoms with Crippen LogP contribution in [0.5, 0.6) is 0 Å². The fourth-order valence-electron chi connectivity index (χ4n) is 3.36. The summed E-state index contributed by atoms with van der Waals surface area (Å²) in [5.74, 6) is -1.12. The summed E-state index contributed by atoms with van der Waals surface area (Å²) >= 11 is 6.09. The lowest BCUT2D eigenvalue weighted by molar-refractivity contribution is -0.137. The molecule has 0 unspecified atom stereocenters. The van der Waals surface area contributed by atoms with Gasteiger partial charge in [-0.05, 0) is 42.7 Å². The van der Waals surface area contributed by atoms with E-state index in [9.17, 15) is 22.8 Å². The Labute approximate surface area is 171 Å². The molecular weight excluding hydrogens is 405 g/mol. The third-order valence-corrected chi connectivity index (χ3v) is 5.30. The number of nitrogens with one attached hydrogen (secondary N) is 1. The van der Waals surface area contributed by atoms with Crippen LogP contribution in [-0.2, 0) is 17.5 Å². The molecular formula is C21H20ClF3N2O2. The van der Waals surface area contributed by atoms with Crippen LogP contribution in [0.25, 0.3) is 0 Å². The molecule has 154 valence electrons. The predicted octanol–water partition coefficient (Wildman–Crippen LogP) is 4.53. The van der Waals surface area contributed by atoms with Gasteiger partial charge in [0.1, 0.15) is 0 Å². The lowest BCUT2D eigenvalue weighted by Gasteiger charge is -2.32. The molecule has 2 amide bonds. The summed E-state index contributed by atoms with van der Waals surface area (Å²) < 4.78 is 38.7. The number of carbonyl (C=O) groups is 2. The van der Waals surface area contributed by atoms with Crippen molar-refractivity contribution < 1.29 is 22.8 Å². The van der Waals surface area contributed by atoms with Crippen molar-refractivity contribution in [2.24, 2.45) is 5.92 Å². The number of amides is 2. The van der Waals surface area contributed by atoms with E-state index in [2.05, 4.69) is 5.32 Å². The van der Waals surface area contributed by atoms with Crippen molar-refractivity contribution in [3.63, 3.8) is 0 Å². The highest BCUT2D eigenvalue weighted by Gasteiger charge is 2.33. The highest BCUT2D eigenvalue weighted by atomic mass is 35.5. The molecule has 0 saturated carbocycles. The summed E-state index contributed by atoms with van der Waals surface area (Å²) in [6, 6.07) is 11.5. The molecule has 0 radical (unpaired) electrons. The van der Waals surface area contributed by atoms with Crippen LogP contribution in [-0.4, -0.2) is 29.8 Å². The van der Waals surface area contributed by atoms with Crippen molar-refractivity contribution in [3.8, 4) is 0 Å². The molecule has 29 heavy (non-hydrogen) atoms. The molecule has 0 bridgehead atoms. The van der Waals surface area contributed by atoms with Crippen LogP contribution >= 0.6 is 11.6 Å². The lowest BCUT2D eigenvalue weighted by atomic mass is 9.96. The normalized spacial score (nSPS) is 17.1. The highest BCUT2D eigenvalue weighted by molar-refractivity contribution is 6.31. The zero-order valence-corrected chi connectivity index (χ0v) is 16.3. The van der Waals surface area contributed by atoms with Gasteiger partial charge in [-0.25, -0.2) is 0 Å². The minimum Gasteiger partial charge on any atom is -0.352 e. The molecule has 0 aliphatic carbocycles. The van der Waals surface area contributed by atoms with Crippen LogP contribution in [0.2, 0.25) is 5.02 Å². The van der Waals surface area contributed by atoms with Crippen molar-refractivity contribution in [2.45, 2.75) is 25.6 Å². The maximum absolute atomic E-state index is 12.9. The molecule has 0 aromatic heterocycles. The van der Waals surface area contributed by atoms with Gasteiger partial charge in [0.15, 0.2) is 0 Å². The molecule has 3 rings (SSSR count). The second-order valence-corrected chi connectivity index (χ2v) is 7.39. The predicted molar refractivity (Wildman–Crippen MR) is 103 cm³/mol. The Morgan fingerprint density at radius 3 is 2.62 bits per heavy atom. The molecule has 1 fully saturated rings. The van der Waals surface area contributed by atoms with Crippen LogP contribution in [0.1, 0.15) is 34.3 Å². The Morgan fingerprint density at radius 1 is 1.14 bits per heavy atom. The van der Waals surface area contributed by atoms with Gasteiger partial charge in [0.25, 0.3) is 5.91 Å². The molecule has 1 saturated heterocycles. The number of nitrogens with zero attached hydrogens (tertiary/aromatic N) is 1. The quantitative estimate of drug-likeness (QED) is 0.784. The SMILES string of the molecule is O=C(NCc1ccccc1Cl)[C@H]1CCCN(C(=O)c2cccc(C(F)(F)F)c2)C1. The Morgan fingerprint density at radius 2 is 1.90 bits per heavy atom. The van der Waals surface area contributed by atoms with Crippen LogP contribution in [0.3, 0.4) is 0 Å². The number of hydrogen-bond donors (Lipinski definition) is 1. The van der Waals surface area contributed by atoms with Crippen molar-refractivity contribution in [3.05, 3.63) is 70.2 Å². The van der Waals surface area contributed by atoms with Crippen LogP contribution in [0.4, 0.5) is 13.2 Å². The van der Waals surface area contributed by atoms with Gasteiger partial charge >= 0.3 is 6.18 Å². The zero-order chi connectivity index (χ0) is 21.0. The Kier molecular flexibility index (Phi) is 6.47. The van der Waals surface area contributed by atoms with Gasteiger partial charge in [-0.2, -0.15) is 13.2 Å². The number of hydrogen-bond acceptors (Lipinski definition) is 2. The van der Waals surface area contributed by atoms with Crippen molar-refractivity contribution in [1.29, 1.82) is 0 Å². The van der Waals surface area contributed by atoms with Gasteiger partial charge in [0.2, 0.25) is 5.91 Å². The first kappa shape index (κ1) is 21.2. The van der Waals surface area contributed by atoms with Crippen molar-refractivity contribution >= 4 is 23.4 Å². The first-order chi connectivity index (χ1) is 13.8. The van der Waals surface area contributed by atoms with E-state index in [1.54, 1.807) is 12.1 Å². The topological polar surface area (TPSA) is 49.4 Å². The molecule has 1 atom stereocenters. The number of benzene rings is 2. The van der Waals surface area contributed by atoms with Crippen molar-refractivity contribution in [1.82, 2.24) is 10.2 Å². The molecule has 2 aromatic carbocycles. The average Bonchev–Trinajstić information content (AvgIpc) is 2.72. The minimum absolute atomic E-state index is 0.0306. The second kappa shape index (κ2) is 8.86. The smallest absolute Gasteiger partial charge is 0.352 e. The van der Waals surface area contributed by atoms with Crippen molar-refractivity contribution in [2.75, 3.05) is 13.1 Å². The monoisotopic (exact) mass is 424 g/mol. The van der Waals surface area contributed by atoms with E-state index >= 15 is 0 Å². The number of carbonyl (C=O) groups excluding carboxylic acids is 2. The number of alkyl halides is 3. The molecule has 1 N–H and O–H groups in total. The number of halogens is 4. The van der Waals surface area contributed by atoms with Gasteiger partial charge in [0.05, 0.1) is 11.5 Å². The Bertz CT molecular complexity index is 901. The minimum atomic E-state index is -4.51. The summed E-state index contributed by atoms with van der Waals surface area (Å²) in [6.45, 7) is 0.851. The first-order valence-electron chi connectivity index (χ1n) is 9.23. The molecule has 1 heterocycles. The van der Waals surface area contributed by atoms with E-state index < -0.39 is 23.6 Å². The average molecular weight is 425 g/mol. The lowest BCUT2D eigenvalue weighted by Crippen LogP contribution is -2.45. The van der Waals surface area contributed by atoms with E-state index in [0.717, 1.165) is 17.7 Å². The summed E-state index contributed by atoms with van der Waals surface area (Å²) in [7, 11) is 0. The van der Waals surface area contributed by atoms with Gasteiger partial charge in [-0.15, -0.1) is 0 Å². The molecule has 1 aliphatic heterocycles. The molecule has 0 spiro atoms. The Hall–Kier alpha value is -2.54. The standard InChI is InChI=1S/C21H20ClF3N2O2/c22-18-9-2-1-5-15(18)12-26-19(28)16-7-4-10-27(13-16)20(29)14-6-3-8-17(11-14)21(23,24)25/h1-3,5-6,8-9,11,16H,4,7,10,12-13H2,(H,26,28)/t16-/m0/s1. The summed E-state index contributed by atoms with van der Waals surface area (Å²) in [5.41, 5.74) is -0.110. The van der Waals surface area contributed by atoms with Crippen LogP contribution in [0, 0.1) is 5.92 Å². The second-order valence-electron chi connectivity index (χ2n) is 6.98. The summed E-state index contributed by atoms with van der Waals surface area (Å²) in [5, 5.41) is 3.38. The van der Waals surface area contributed by atoms with Gasteiger partial charge < -0.3 is 10.2 Å². The molecule has 2 aromatic rings. The van der Waals surface area contributed by atoms with E-state index in [-0.39, 0.29) is 24.6 Å². The van der Waals surface area contributed by atoms with Crippen LogP contribution in [0.15, 0.2) is 48.5 Å². The number of likely N-dealkylation sites (tertiary alicyclic amines) is 1. The fourth-order valence-corrected chi connectivity index (χ4v) is 3.56. The van der Waals surface area contributed by atoms with E-state index in [1.807, 2.05) is 12.1 Å². The first-order valence-corrected chi connectivity index (χ1v) is 9.61. The zero-order valence-electron chi connectivity index (χ0n) is 15.5. The van der Waals surface area contributed by atoms with Crippen LogP contribution < -0.4 is 5.32 Å².